The lowest BCUT2D eigenvalue weighted by Crippen LogP contribution is -2.30. The fourth-order valence-electron chi connectivity index (χ4n) is 9.35. The number of unbranched alkanes of at least 4 members (excludes halogenated alkanes) is 36. The number of allylic oxidation sites excluding steroid dienone is 12. The number of carbonyl (C=O) groups excluding carboxylic acids is 3. The second-order valence-corrected chi connectivity index (χ2v) is 21.6. The summed E-state index contributed by atoms with van der Waals surface area (Å²) in [5.41, 5.74) is 0. The molecular formula is C69H122O6. The minimum Gasteiger partial charge on any atom is -0.462 e. The second-order valence-electron chi connectivity index (χ2n) is 21.6. The molecule has 0 saturated carbocycles. The van der Waals surface area contributed by atoms with Gasteiger partial charge in [0, 0.05) is 19.3 Å². The summed E-state index contributed by atoms with van der Waals surface area (Å²) < 4.78 is 16.9. The van der Waals surface area contributed by atoms with E-state index in [2.05, 4.69) is 93.7 Å². The van der Waals surface area contributed by atoms with Crippen LogP contribution in [0.4, 0.5) is 0 Å². The fraction of sp³-hybridized carbons (Fsp3) is 0.783. The number of esters is 3. The molecule has 0 aliphatic heterocycles. The molecule has 0 fully saturated rings. The molecule has 0 aromatic carbocycles. The van der Waals surface area contributed by atoms with Crippen molar-refractivity contribution in [2.75, 3.05) is 13.2 Å². The van der Waals surface area contributed by atoms with Gasteiger partial charge in [0.05, 0.1) is 0 Å². The first kappa shape index (κ1) is 71.8. The van der Waals surface area contributed by atoms with Crippen molar-refractivity contribution in [1.82, 2.24) is 0 Å². The Morgan fingerprint density at radius 2 is 0.520 bits per heavy atom. The Balaban J connectivity index is 4.32. The van der Waals surface area contributed by atoms with Gasteiger partial charge < -0.3 is 14.2 Å². The minimum absolute atomic E-state index is 0.0803. The molecule has 0 aromatic rings. The SMILES string of the molecule is CC/C=C\C/C=C\C/C=C\CCCCCCCC(=O)OCC(COC(=O)CCCCCCCCCCCC/C=C\C/C=C\C/C=C\CCCCCCC)OC(=O)CCCCCCCCCCCCCCCCCCC. The lowest BCUT2D eigenvalue weighted by atomic mass is 10.0. The number of ether oxygens (including phenoxy) is 3. The van der Waals surface area contributed by atoms with Gasteiger partial charge in [-0.3, -0.25) is 14.4 Å². The van der Waals surface area contributed by atoms with Crippen LogP contribution in [-0.2, 0) is 28.6 Å². The molecule has 0 saturated heterocycles. The van der Waals surface area contributed by atoms with E-state index in [0.717, 1.165) is 109 Å². The predicted octanol–water partition coefficient (Wildman–Crippen LogP) is 22.1. The first-order chi connectivity index (χ1) is 37.0. The van der Waals surface area contributed by atoms with Gasteiger partial charge in [-0.2, -0.15) is 0 Å². The molecule has 0 aliphatic carbocycles. The van der Waals surface area contributed by atoms with Crippen LogP contribution < -0.4 is 0 Å². The molecule has 1 atom stereocenters. The van der Waals surface area contributed by atoms with Crippen LogP contribution in [0.5, 0.6) is 0 Å². The van der Waals surface area contributed by atoms with E-state index in [1.165, 1.54) is 180 Å². The number of rotatable bonds is 59. The van der Waals surface area contributed by atoms with E-state index >= 15 is 0 Å². The molecule has 75 heavy (non-hydrogen) atoms. The Bertz CT molecular complexity index is 1390. The van der Waals surface area contributed by atoms with Crippen LogP contribution in [0.1, 0.15) is 329 Å². The normalized spacial score (nSPS) is 12.5. The summed E-state index contributed by atoms with van der Waals surface area (Å²) in [6.45, 7) is 6.54. The highest BCUT2D eigenvalue weighted by atomic mass is 16.6. The van der Waals surface area contributed by atoms with E-state index in [1.807, 2.05) is 0 Å². The van der Waals surface area contributed by atoms with Crippen molar-refractivity contribution in [2.45, 2.75) is 335 Å². The van der Waals surface area contributed by atoms with Gasteiger partial charge >= 0.3 is 17.9 Å². The van der Waals surface area contributed by atoms with Crippen LogP contribution in [-0.4, -0.2) is 37.2 Å². The fourth-order valence-corrected chi connectivity index (χ4v) is 9.35. The third-order valence-electron chi connectivity index (χ3n) is 14.2. The van der Waals surface area contributed by atoms with Gasteiger partial charge in [-0.1, -0.05) is 293 Å². The van der Waals surface area contributed by atoms with Gasteiger partial charge in [-0.15, -0.1) is 0 Å². The average Bonchev–Trinajstić information content (AvgIpc) is 3.41. The third kappa shape index (κ3) is 61.6. The zero-order valence-electron chi connectivity index (χ0n) is 49.8. The summed E-state index contributed by atoms with van der Waals surface area (Å²) in [6.07, 6.45) is 81.9. The molecule has 0 amide bonds. The maximum atomic E-state index is 12.9. The third-order valence-corrected chi connectivity index (χ3v) is 14.2. The lowest BCUT2D eigenvalue weighted by Gasteiger charge is -2.18. The standard InChI is InChI=1S/C69H122O6/c1-4-7-10-13-16-19-22-25-28-30-31-32-33-34-35-36-37-39-41-44-47-50-53-56-59-62-68(71)74-65-66(64-73-67(70)61-58-55-52-49-46-43-40-27-24-21-18-15-12-9-6-3)75-69(72)63-60-57-54-51-48-45-42-38-29-26-23-20-17-14-11-8-5-2/h9,12,18,21-22,25,27,30-31,33-34,40,66H,4-8,10-11,13-17,19-20,23-24,26,28-29,32,35-39,41-65H2,1-3H3/b12-9-,21-18-,25-22-,31-30-,34-33-,40-27-. The molecule has 0 spiro atoms. The van der Waals surface area contributed by atoms with Crippen molar-refractivity contribution in [3.63, 3.8) is 0 Å². The Morgan fingerprint density at radius 3 is 0.813 bits per heavy atom. The summed E-state index contributed by atoms with van der Waals surface area (Å²) in [5.74, 6) is -0.884. The van der Waals surface area contributed by atoms with E-state index in [-0.39, 0.29) is 31.1 Å². The topological polar surface area (TPSA) is 78.9 Å². The highest BCUT2D eigenvalue weighted by Gasteiger charge is 2.19. The van der Waals surface area contributed by atoms with E-state index in [4.69, 9.17) is 14.2 Å². The molecule has 0 heterocycles. The maximum Gasteiger partial charge on any atom is 0.306 e. The summed E-state index contributed by atoms with van der Waals surface area (Å²) in [5, 5.41) is 0. The minimum atomic E-state index is -0.784. The molecular weight excluding hydrogens is 925 g/mol. The van der Waals surface area contributed by atoms with Crippen molar-refractivity contribution in [2.24, 2.45) is 0 Å². The number of hydrogen-bond donors (Lipinski definition) is 0. The molecule has 0 aliphatic rings. The predicted molar refractivity (Wildman–Crippen MR) is 325 cm³/mol. The van der Waals surface area contributed by atoms with Crippen molar-refractivity contribution < 1.29 is 28.6 Å². The second kappa shape index (κ2) is 63.4. The van der Waals surface area contributed by atoms with Gasteiger partial charge in [-0.25, -0.2) is 0 Å². The molecule has 0 aromatic heterocycles. The van der Waals surface area contributed by atoms with Gasteiger partial charge in [0.15, 0.2) is 6.10 Å². The first-order valence-corrected chi connectivity index (χ1v) is 32.4. The lowest BCUT2D eigenvalue weighted by molar-refractivity contribution is -0.167. The summed E-state index contributed by atoms with van der Waals surface area (Å²) in [4.78, 5) is 38.3. The Labute approximate surface area is 465 Å². The molecule has 0 bridgehead atoms. The van der Waals surface area contributed by atoms with Crippen LogP contribution in [0.3, 0.4) is 0 Å². The Hall–Kier alpha value is -3.15. The van der Waals surface area contributed by atoms with Crippen LogP contribution in [0.2, 0.25) is 0 Å². The van der Waals surface area contributed by atoms with Gasteiger partial charge in [-0.05, 0) is 89.9 Å². The monoisotopic (exact) mass is 1050 g/mol. The van der Waals surface area contributed by atoms with Gasteiger partial charge in [0.1, 0.15) is 13.2 Å². The number of hydrogen-bond acceptors (Lipinski definition) is 6. The van der Waals surface area contributed by atoms with Crippen molar-refractivity contribution in [3.8, 4) is 0 Å². The van der Waals surface area contributed by atoms with E-state index in [1.54, 1.807) is 0 Å². The molecule has 0 N–H and O–H groups in total. The summed E-state index contributed by atoms with van der Waals surface area (Å²) >= 11 is 0. The van der Waals surface area contributed by atoms with Crippen molar-refractivity contribution >= 4 is 17.9 Å². The maximum absolute atomic E-state index is 12.9. The van der Waals surface area contributed by atoms with Gasteiger partial charge in [0.2, 0.25) is 0 Å². The van der Waals surface area contributed by atoms with E-state index in [9.17, 15) is 14.4 Å². The molecule has 0 rings (SSSR count). The Morgan fingerprint density at radius 1 is 0.280 bits per heavy atom. The smallest absolute Gasteiger partial charge is 0.306 e. The highest BCUT2D eigenvalue weighted by molar-refractivity contribution is 5.71. The summed E-state index contributed by atoms with van der Waals surface area (Å²) in [6, 6.07) is 0. The molecule has 0 radical (unpaired) electrons. The van der Waals surface area contributed by atoms with Gasteiger partial charge in [0.25, 0.3) is 0 Å². The zero-order valence-corrected chi connectivity index (χ0v) is 49.8. The van der Waals surface area contributed by atoms with Crippen LogP contribution in [0, 0.1) is 0 Å². The average molecular weight is 1050 g/mol. The highest BCUT2D eigenvalue weighted by Crippen LogP contribution is 2.17. The molecule has 434 valence electrons. The van der Waals surface area contributed by atoms with E-state index in [0.29, 0.717) is 19.3 Å². The molecule has 1 unspecified atom stereocenters. The van der Waals surface area contributed by atoms with Crippen LogP contribution in [0.25, 0.3) is 0 Å². The number of carbonyl (C=O) groups is 3. The quantitative estimate of drug-likeness (QED) is 0.0261. The molecule has 6 nitrogen and oxygen atoms in total. The van der Waals surface area contributed by atoms with Crippen LogP contribution in [0.15, 0.2) is 72.9 Å². The Kier molecular flexibility index (Phi) is 60.7. The van der Waals surface area contributed by atoms with Crippen LogP contribution >= 0.6 is 0 Å². The summed E-state index contributed by atoms with van der Waals surface area (Å²) in [7, 11) is 0. The first-order valence-electron chi connectivity index (χ1n) is 32.4. The zero-order chi connectivity index (χ0) is 54.3. The van der Waals surface area contributed by atoms with E-state index < -0.39 is 6.10 Å². The largest absolute Gasteiger partial charge is 0.462 e. The van der Waals surface area contributed by atoms with Crippen molar-refractivity contribution in [3.05, 3.63) is 72.9 Å². The van der Waals surface area contributed by atoms with Crippen molar-refractivity contribution in [1.29, 1.82) is 0 Å². The molecule has 6 heteroatoms.